The van der Waals surface area contributed by atoms with Gasteiger partial charge in [-0.3, -0.25) is 9.69 Å². The van der Waals surface area contributed by atoms with Crippen molar-refractivity contribution in [3.63, 3.8) is 0 Å². The van der Waals surface area contributed by atoms with Gasteiger partial charge < -0.3 is 16.0 Å². The van der Waals surface area contributed by atoms with E-state index in [1.54, 1.807) is 24.3 Å². The zero-order valence-electron chi connectivity index (χ0n) is 14.6. The summed E-state index contributed by atoms with van der Waals surface area (Å²) >= 11 is 0. The fourth-order valence-electron chi connectivity index (χ4n) is 3.15. The van der Waals surface area contributed by atoms with Crippen molar-refractivity contribution in [1.29, 1.82) is 0 Å². The first-order valence-corrected chi connectivity index (χ1v) is 8.75. The standard InChI is InChI=1S/C18H28N4O2/c1-3-17-6-4-5-12-22(17)13-11-19-18(24)21-16-9-7-15(8-10-16)20-14(2)23/h7-10,17H,3-6,11-13H2,1-2H3,(H,20,23)(H2,19,21,24)/t17-/m0/s1. The number of nitrogens with zero attached hydrogens (tertiary/aromatic N) is 1. The molecule has 6 nitrogen and oxygen atoms in total. The van der Waals surface area contributed by atoms with Crippen molar-refractivity contribution in [1.82, 2.24) is 10.2 Å². The summed E-state index contributed by atoms with van der Waals surface area (Å²) < 4.78 is 0. The minimum atomic E-state index is -0.202. The number of benzene rings is 1. The van der Waals surface area contributed by atoms with E-state index in [2.05, 4.69) is 27.8 Å². The summed E-state index contributed by atoms with van der Waals surface area (Å²) in [4.78, 5) is 25.4. The van der Waals surface area contributed by atoms with Crippen LogP contribution < -0.4 is 16.0 Å². The van der Waals surface area contributed by atoms with E-state index >= 15 is 0 Å². The highest BCUT2D eigenvalue weighted by atomic mass is 16.2. The second-order valence-corrected chi connectivity index (χ2v) is 6.23. The first kappa shape index (κ1) is 18.3. The maximum Gasteiger partial charge on any atom is 0.319 e. The van der Waals surface area contributed by atoms with Gasteiger partial charge in [-0.15, -0.1) is 0 Å². The third kappa shape index (κ3) is 5.85. The van der Waals surface area contributed by atoms with Gasteiger partial charge in [-0.1, -0.05) is 13.3 Å². The van der Waals surface area contributed by atoms with E-state index in [0.717, 1.165) is 13.1 Å². The maximum absolute atomic E-state index is 12.0. The van der Waals surface area contributed by atoms with Gasteiger partial charge in [-0.2, -0.15) is 0 Å². The van der Waals surface area contributed by atoms with Gasteiger partial charge in [0.1, 0.15) is 0 Å². The number of hydrogen-bond donors (Lipinski definition) is 3. The fourth-order valence-corrected chi connectivity index (χ4v) is 3.15. The molecular weight excluding hydrogens is 304 g/mol. The summed E-state index contributed by atoms with van der Waals surface area (Å²) in [6, 6.07) is 7.51. The number of nitrogens with one attached hydrogen (secondary N) is 3. The predicted molar refractivity (Wildman–Crippen MR) is 97.3 cm³/mol. The van der Waals surface area contributed by atoms with Gasteiger partial charge in [0, 0.05) is 37.4 Å². The van der Waals surface area contributed by atoms with E-state index in [-0.39, 0.29) is 11.9 Å². The van der Waals surface area contributed by atoms with Crippen LogP contribution in [-0.4, -0.2) is 42.5 Å². The molecule has 1 fully saturated rings. The lowest BCUT2D eigenvalue weighted by Gasteiger charge is -2.35. The second kappa shape index (κ2) is 9.27. The summed E-state index contributed by atoms with van der Waals surface area (Å²) in [5.41, 5.74) is 1.41. The zero-order valence-corrected chi connectivity index (χ0v) is 14.6. The van der Waals surface area contributed by atoms with Gasteiger partial charge >= 0.3 is 6.03 Å². The van der Waals surface area contributed by atoms with E-state index in [0.29, 0.717) is 24.0 Å². The average Bonchev–Trinajstić information content (AvgIpc) is 2.56. The molecule has 0 unspecified atom stereocenters. The molecule has 2 rings (SSSR count). The second-order valence-electron chi connectivity index (χ2n) is 6.23. The molecule has 6 heteroatoms. The number of anilines is 2. The van der Waals surface area contributed by atoms with Gasteiger partial charge in [0.2, 0.25) is 5.91 Å². The summed E-state index contributed by atoms with van der Waals surface area (Å²) in [7, 11) is 0. The zero-order chi connectivity index (χ0) is 17.4. The molecule has 1 heterocycles. The number of urea groups is 1. The average molecular weight is 332 g/mol. The van der Waals surface area contributed by atoms with Crippen molar-refractivity contribution in [2.24, 2.45) is 0 Å². The van der Waals surface area contributed by atoms with Crippen LogP contribution in [-0.2, 0) is 4.79 Å². The number of hydrogen-bond acceptors (Lipinski definition) is 3. The molecule has 132 valence electrons. The van der Waals surface area contributed by atoms with Crippen molar-refractivity contribution < 1.29 is 9.59 Å². The SMILES string of the molecule is CC[C@H]1CCCCN1CCNC(=O)Nc1ccc(NC(C)=O)cc1. The highest BCUT2D eigenvalue weighted by Crippen LogP contribution is 2.18. The Morgan fingerprint density at radius 3 is 2.42 bits per heavy atom. The molecule has 1 atom stereocenters. The summed E-state index contributed by atoms with van der Waals surface area (Å²) in [6.45, 7) is 6.37. The topological polar surface area (TPSA) is 73.5 Å². The van der Waals surface area contributed by atoms with Crippen LogP contribution in [0.4, 0.5) is 16.2 Å². The van der Waals surface area contributed by atoms with Crippen LogP contribution in [0.3, 0.4) is 0 Å². The number of piperidine rings is 1. The molecule has 1 aliphatic heterocycles. The summed E-state index contributed by atoms with van der Waals surface area (Å²) in [5, 5.41) is 8.41. The molecule has 0 aromatic heterocycles. The molecule has 1 saturated heterocycles. The van der Waals surface area contributed by atoms with E-state index in [1.807, 2.05) is 0 Å². The van der Waals surface area contributed by atoms with Crippen molar-refractivity contribution in [3.8, 4) is 0 Å². The molecule has 1 aromatic carbocycles. The third-order valence-corrected chi connectivity index (χ3v) is 4.37. The highest BCUT2D eigenvalue weighted by molar-refractivity contribution is 5.91. The van der Waals surface area contributed by atoms with Crippen molar-refractivity contribution >= 4 is 23.3 Å². The molecule has 3 amide bonds. The molecule has 0 aliphatic carbocycles. The van der Waals surface area contributed by atoms with Gasteiger partial charge in [0.05, 0.1) is 0 Å². The number of carbonyl (C=O) groups is 2. The number of likely N-dealkylation sites (tertiary alicyclic amines) is 1. The van der Waals surface area contributed by atoms with E-state index in [1.165, 1.54) is 32.6 Å². The summed E-state index contributed by atoms with van der Waals surface area (Å²) in [6.07, 6.45) is 5.01. The van der Waals surface area contributed by atoms with Gasteiger partial charge in [-0.05, 0) is 50.1 Å². The smallest absolute Gasteiger partial charge is 0.319 e. The first-order chi connectivity index (χ1) is 11.6. The lowest BCUT2D eigenvalue weighted by Crippen LogP contribution is -2.44. The molecule has 1 aromatic rings. The molecule has 0 radical (unpaired) electrons. The minimum absolute atomic E-state index is 0.114. The third-order valence-electron chi connectivity index (χ3n) is 4.37. The lowest BCUT2D eigenvalue weighted by molar-refractivity contribution is -0.114. The Hall–Kier alpha value is -2.08. The van der Waals surface area contributed by atoms with E-state index in [4.69, 9.17) is 0 Å². The molecule has 24 heavy (non-hydrogen) atoms. The van der Waals surface area contributed by atoms with Crippen LogP contribution in [0.5, 0.6) is 0 Å². The molecule has 0 spiro atoms. The number of carbonyl (C=O) groups excluding carboxylic acids is 2. The van der Waals surface area contributed by atoms with Gasteiger partial charge in [-0.25, -0.2) is 4.79 Å². The normalized spacial score (nSPS) is 18.0. The number of rotatable bonds is 6. The Morgan fingerprint density at radius 2 is 1.79 bits per heavy atom. The van der Waals surface area contributed by atoms with E-state index in [9.17, 15) is 9.59 Å². The maximum atomic E-state index is 12.0. The monoisotopic (exact) mass is 332 g/mol. The molecule has 0 saturated carbocycles. The van der Waals surface area contributed by atoms with Gasteiger partial charge in [0.25, 0.3) is 0 Å². The molecule has 3 N–H and O–H groups in total. The Labute approximate surface area is 144 Å². The quantitative estimate of drug-likeness (QED) is 0.750. The summed E-state index contributed by atoms with van der Waals surface area (Å²) in [5.74, 6) is -0.114. The van der Waals surface area contributed by atoms with Crippen LogP contribution in [0.25, 0.3) is 0 Å². The Balaban J connectivity index is 1.72. The van der Waals surface area contributed by atoms with E-state index < -0.39 is 0 Å². The molecular formula is C18H28N4O2. The molecule has 0 bridgehead atoms. The van der Waals surface area contributed by atoms with Gasteiger partial charge in [0.15, 0.2) is 0 Å². The molecule has 1 aliphatic rings. The Kier molecular flexibility index (Phi) is 7.06. The predicted octanol–water partition coefficient (Wildman–Crippen LogP) is 3.03. The largest absolute Gasteiger partial charge is 0.337 e. The van der Waals surface area contributed by atoms with Crippen molar-refractivity contribution in [2.75, 3.05) is 30.3 Å². The van der Waals surface area contributed by atoms with Crippen LogP contribution >= 0.6 is 0 Å². The van der Waals surface area contributed by atoms with Crippen LogP contribution in [0, 0.1) is 0 Å². The first-order valence-electron chi connectivity index (χ1n) is 8.75. The highest BCUT2D eigenvalue weighted by Gasteiger charge is 2.20. The van der Waals surface area contributed by atoms with Crippen LogP contribution in [0.2, 0.25) is 0 Å². The minimum Gasteiger partial charge on any atom is -0.337 e. The van der Waals surface area contributed by atoms with Crippen molar-refractivity contribution in [2.45, 2.75) is 45.6 Å². The fraction of sp³-hybridized carbons (Fsp3) is 0.556. The lowest BCUT2D eigenvalue weighted by atomic mass is 10.0. The van der Waals surface area contributed by atoms with Crippen LogP contribution in [0.1, 0.15) is 39.5 Å². The Bertz CT molecular complexity index is 544. The number of amides is 3. The van der Waals surface area contributed by atoms with Crippen molar-refractivity contribution in [3.05, 3.63) is 24.3 Å². The van der Waals surface area contributed by atoms with Crippen LogP contribution in [0.15, 0.2) is 24.3 Å². The Morgan fingerprint density at radius 1 is 1.12 bits per heavy atom.